The number of amidine groups is 1. The highest BCUT2D eigenvalue weighted by Gasteiger charge is 2.30. The van der Waals surface area contributed by atoms with E-state index in [9.17, 15) is 9.59 Å². The maximum absolute atomic E-state index is 12.6. The molecule has 1 fully saturated rings. The highest BCUT2D eigenvalue weighted by atomic mass is 32.2. The third kappa shape index (κ3) is 3.95. The molecule has 2 aromatic carbocycles. The number of esters is 1. The Hall–Kier alpha value is -2.86. The van der Waals surface area contributed by atoms with Crippen LogP contribution in [0.4, 0.5) is 5.69 Å². The van der Waals surface area contributed by atoms with E-state index in [0.29, 0.717) is 15.6 Å². The molecule has 2 aromatic rings. The number of nitrogens with zero attached hydrogens (tertiary/aromatic N) is 2. The van der Waals surface area contributed by atoms with Gasteiger partial charge in [0.2, 0.25) is 0 Å². The van der Waals surface area contributed by atoms with Crippen molar-refractivity contribution >= 4 is 40.6 Å². The number of likely N-dealkylation sites (N-methyl/N-ethyl adjacent to an activating group) is 1. The van der Waals surface area contributed by atoms with Crippen LogP contribution < -0.4 is 0 Å². The van der Waals surface area contributed by atoms with Crippen LogP contribution in [0, 0.1) is 13.8 Å². The average molecular weight is 380 g/mol. The summed E-state index contributed by atoms with van der Waals surface area (Å²) < 4.78 is 4.70. The number of methoxy groups -OCH3 is 1. The molecule has 0 aromatic heterocycles. The molecule has 3 rings (SSSR count). The first-order valence-corrected chi connectivity index (χ1v) is 9.23. The maximum atomic E-state index is 12.6. The molecule has 0 saturated carbocycles. The fourth-order valence-corrected chi connectivity index (χ4v) is 3.69. The maximum Gasteiger partial charge on any atom is 0.337 e. The summed E-state index contributed by atoms with van der Waals surface area (Å²) in [7, 11) is 3.07. The van der Waals surface area contributed by atoms with Crippen LogP contribution >= 0.6 is 11.8 Å². The van der Waals surface area contributed by atoms with Crippen LogP contribution in [-0.2, 0) is 9.53 Å². The van der Waals surface area contributed by atoms with Crippen LogP contribution in [0.3, 0.4) is 0 Å². The largest absolute Gasteiger partial charge is 0.465 e. The second kappa shape index (κ2) is 7.80. The molecule has 5 nitrogen and oxygen atoms in total. The van der Waals surface area contributed by atoms with Crippen molar-refractivity contribution in [1.82, 2.24) is 4.90 Å². The number of hydrogen-bond donors (Lipinski definition) is 0. The van der Waals surface area contributed by atoms with E-state index in [-0.39, 0.29) is 11.9 Å². The molecule has 0 atom stereocenters. The Morgan fingerprint density at radius 3 is 2.33 bits per heavy atom. The van der Waals surface area contributed by atoms with Gasteiger partial charge in [0.15, 0.2) is 5.17 Å². The van der Waals surface area contributed by atoms with Crippen molar-refractivity contribution in [3.63, 3.8) is 0 Å². The minimum absolute atomic E-state index is 0.0953. The number of carbonyl (C=O) groups excluding carboxylic acids is 2. The molecular weight excluding hydrogens is 360 g/mol. The standard InChI is InChI=1S/C21H20N2O3S/c1-13-6-5-7-14(2)18(13)22-21-23(3)19(24)17(27-21)12-15-8-10-16(11-9-15)20(25)26-4/h5-12H,1-4H3/b17-12+,22-21?. The van der Waals surface area contributed by atoms with E-state index < -0.39 is 0 Å². The van der Waals surface area contributed by atoms with Crippen molar-refractivity contribution in [2.24, 2.45) is 4.99 Å². The summed E-state index contributed by atoms with van der Waals surface area (Å²) in [5, 5.41) is 0.648. The van der Waals surface area contributed by atoms with Crippen LogP contribution in [0.2, 0.25) is 0 Å². The zero-order valence-corrected chi connectivity index (χ0v) is 16.5. The summed E-state index contributed by atoms with van der Waals surface area (Å²) in [4.78, 5) is 31.0. The van der Waals surface area contributed by atoms with Crippen molar-refractivity contribution in [2.75, 3.05) is 14.2 Å². The van der Waals surface area contributed by atoms with E-state index in [1.165, 1.54) is 18.9 Å². The summed E-state index contributed by atoms with van der Waals surface area (Å²) >= 11 is 1.34. The molecule has 0 unspecified atom stereocenters. The molecule has 0 bridgehead atoms. The lowest BCUT2D eigenvalue weighted by molar-refractivity contribution is -0.121. The molecule has 6 heteroatoms. The Bertz CT molecular complexity index is 942. The lowest BCUT2D eigenvalue weighted by Crippen LogP contribution is -2.23. The van der Waals surface area contributed by atoms with Gasteiger partial charge in [-0.05, 0) is 60.5 Å². The van der Waals surface area contributed by atoms with Gasteiger partial charge in [0.25, 0.3) is 5.91 Å². The normalized spacial score (nSPS) is 17.0. The zero-order valence-electron chi connectivity index (χ0n) is 15.6. The minimum atomic E-state index is -0.386. The van der Waals surface area contributed by atoms with Crippen molar-refractivity contribution in [3.8, 4) is 0 Å². The second-order valence-electron chi connectivity index (χ2n) is 6.22. The molecule has 1 aliphatic heterocycles. The van der Waals surface area contributed by atoms with Crippen LogP contribution in [0.25, 0.3) is 6.08 Å². The van der Waals surface area contributed by atoms with Gasteiger partial charge < -0.3 is 4.74 Å². The number of para-hydroxylation sites is 1. The number of hydrogen-bond acceptors (Lipinski definition) is 5. The molecule has 138 valence electrons. The smallest absolute Gasteiger partial charge is 0.337 e. The van der Waals surface area contributed by atoms with Crippen LogP contribution in [-0.4, -0.2) is 36.1 Å². The quantitative estimate of drug-likeness (QED) is 0.588. The monoisotopic (exact) mass is 380 g/mol. The van der Waals surface area contributed by atoms with E-state index in [1.54, 1.807) is 42.3 Å². The average Bonchev–Trinajstić information content (AvgIpc) is 2.92. The van der Waals surface area contributed by atoms with Crippen LogP contribution in [0.1, 0.15) is 27.0 Å². The van der Waals surface area contributed by atoms with Crippen LogP contribution in [0.15, 0.2) is 52.4 Å². The lowest BCUT2D eigenvalue weighted by Gasteiger charge is -2.09. The molecule has 0 aliphatic carbocycles. The van der Waals surface area contributed by atoms with Gasteiger partial charge in [-0.3, -0.25) is 9.69 Å². The summed E-state index contributed by atoms with van der Waals surface area (Å²) in [6.07, 6.45) is 1.80. The SMILES string of the molecule is COC(=O)c1ccc(/C=C2/SC(=Nc3c(C)cccc3C)N(C)C2=O)cc1. The third-order valence-electron chi connectivity index (χ3n) is 4.28. The summed E-state index contributed by atoms with van der Waals surface area (Å²) in [5.41, 5.74) is 4.34. The Kier molecular flexibility index (Phi) is 5.46. The van der Waals surface area contributed by atoms with E-state index in [2.05, 4.69) is 0 Å². The van der Waals surface area contributed by atoms with Crippen molar-refractivity contribution in [1.29, 1.82) is 0 Å². The predicted molar refractivity (Wildman–Crippen MR) is 109 cm³/mol. The van der Waals surface area contributed by atoms with Crippen LogP contribution in [0.5, 0.6) is 0 Å². The van der Waals surface area contributed by atoms with E-state index in [4.69, 9.17) is 9.73 Å². The van der Waals surface area contributed by atoms with Gasteiger partial charge in [-0.25, -0.2) is 9.79 Å². The third-order valence-corrected chi connectivity index (χ3v) is 5.34. The topological polar surface area (TPSA) is 59.0 Å². The molecule has 27 heavy (non-hydrogen) atoms. The molecule has 1 aliphatic rings. The second-order valence-corrected chi connectivity index (χ2v) is 7.23. The lowest BCUT2D eigenvalue weighted by atomic mass is 10.1. The number of carbonyl (C=O) groups is 2. The molecule has 1 amide bonds. The van der Waals surface area contributed by atoms with Gasteiger partial charge in [0, 0.05) is 7.05 Å². The number of ether oxygens (including phenoxy) is 1. The molecule has 0 N–H and O–H groups in total. The predicted octanol–water partition coefficient (Wildman–Crippen LogP) is 4.32. The molecule has 0 radical (unpaired) electrons. The van der Waals surface area contributed by atoms with Crippen molar-refractivity contribution < 1.29 is 14.3 Å². The van der Waals surface area contributed by atoms with Gasteiger partial charge in [0.05, 0.1) is 23.3 Å². The molecule has 0 spiro atoms. The van der Waals surface area contributed by atoms with Gasteiger partial charge in [-0.2, -0.15) is 0 Å². The summed E-state index contributed by atoms with van der Waals surface area (Å²) in [6, 6.07) is 12.9. The molecular formula is C21H20N2O3S. The number of rotatable bonds is 3. The minimum Gasteiger partial charge on any atom is -0.465 e. The number of aliphatic imine (C=N–C) groups is 1. The number of benzene rings is 2. The van der Waals surface area contributed by atoms with Gasteiger partial charge in [-0.1, -0.05) is 30.3 Å². The molecule has 1 heterocycles. The Balaban J connectivity index is 1.88. The highest BCUT2D eigenvalue weighted by Crippen LogP contribution is 2.34. The number of amides is 1. The molecule has 1 saturated heterocycles. The first kappa shape index (κ1) is 18.9. The van der Waals surface area contributed by atoms with Gasteiger partial charge in [0.1, 0.15) is 0 Å². The van der Waals surface area contributed by atoms with E-state index in [0.717, 1.165) is 22.4 Å². The first-order chi connectivity index (χ1) is 12.9. The fourth-order valence-electron chi connectivity index (χ4n) is 2.71. The van der Waals surface area contributed by atoms with Crippen molar-refractivity contribution in [3.05, 3.63) is 69.6 Å². The first-order valence-electron chi connectivity index (χ1n) is 8.41. The highest BCUT2D eigenvalue weighted by molar-refractivity contribution is 8.18. The van der Waals surface area contributed by atoms with Crippen molar-refractivity contribution in [2.45, 2.75) is 13.8 Å². The van der Waals surface area contributed by atoms with E-state index in [1.807, 2.05) is 32.0 Å². The number of thioether (sulfide) groups is 1. The van der Waals surface area contributed by atoms with E-state index >= 15 is 0 Å². The Morgan fingerprint density at radius 1 is 1.11 bits per heavy atom. The Morgan fingerprint density at radius 2 is 1.74 bits per heavy atom. The zero-order chi connectivity index (χ0) is 19.6. The fraction of sp³-hybridized carbons (Fsp3) is 0.190. The number of aryl methyl sites for hydroxylation is 2. The van der Waals surface area contributed by atoms with Gasteiger partial charge in [-0.15, -0.1) is 0 Å². The summed E-state index contributed by atoms with van der Waals surface area (Å²) in [5.74, 6) is -0.481. The Labute approximate surface area is 162 Å². The summed E-state index contributed by atoms with van der Waals surface area (Å²) in [6.45, 7) is 4.01. The van der Waals surface area contributed by atoms with Gasteiger partial charge >= 0.3 is 5.97 Å².